The third-order valence-corrected chi connectivity index (χ3v) is 6.49. The van der Waals surface area contributed by atoms with E-state index >= 15 is 0 Å². The summed E-state index contributed by atoms with van der Waals surface area (Å²) in [7, 11) is -3.53. The molecule has 1 aromatic carbocycles. The van der Waals surface area contributed by atoms with E-state index in [-0.39, 0.29) is 29.2 Å². The summed E-state index contributed by atoms with van der Waals surface area (Å²) in [5.41, 5.74) is 0.481. The lowest BCUT2D eigenvalue weighted by molar-refractivity contribution is -0.121. The Labute approximate surface area is 189 Å². The highest BCUT2D eigenvalue weighted by molar-refractivity contribution is 7.89. The molecule has 1 aliphatic heterocycles. The van der Waals surface area contributed by atoms with Crippen LogP contribution >= 0.6 is 0 Å². The van der Waals surface area contributed by atoms with Crippen LogP contribution in [0, 0.1) is 11.2 Å². The average molecular weight is 472 g/mol. The standard InChI is InChI=1S/C22H34FN3O5S/c1-16(17-8-9-18(23)19(14-17)31-15-22(2,3)4)25-32(29,30)13-7-5-6-11-26-12-10-20(27)24-21(26)28/h8-9,14,16,25H,5-7,10-13,15H2,1-4H3,(H,24,27,28). The van der Waals surface area contributed by atoms with Crippen molar-refractivity contribution in [1.82, 2.24) is 14.9 Å². The van der Waals surface area contributed by atoms with E-state index in [1.807, 2.05) is 20.8 Å². The van der Waals surface area contributed by atoms with E-state index in [2.05, 4.69) is 10.0 Å². The first-order chi connectivity index (χ1) is 14.9. The number of benzene rings is 1. The molecule has 0 saturated carbocycles. The minimum Gasteiger partial charge on any atom is -0.490 e. The molecule has 10 heteroatoms. The van der Waals surface area contributed by atoms with E-state index in [1.165, 1.54) is 12.1 Å². The van der Waals surface area contributed by atoms with Crippen molar-refractivity contribution < 1.29 is 27.1 Å². The van der Waals surface area contributed by atoms with E-state index in [0.29, 0.717) is 44.5 Å². The molecule has 1 unspecified atom stereocenters. The van der Waals surface area contributed by atoms with Crippen LogP contribution in [0.25, 0.3) is 0 Å². The Morgan fingerprint density at radius 2 is 1.94 bits per heavy atom. The molecule has 0 radical (unpaired) electrons. The van der Waals surface area contributed by atoms with Crippen molar-refractivity contribution in [1.29, 1.82) is 0 Å². The van der Waals surface area contributed by atoms with Crippen LogP contribution in [0.1, 0.15) is 65.0 Å². The van der Waals surface area contributed by atoms with Crippen LogP contribution in [0.2, 0.25) is 0 Å². The fraction of sp³-hybridized carbons (Fsp3) is 0.636. The second kappa shape index (κ2) is 11.1. The second-order valence-corrected chi connectivity index (χ2v) is 11.2. The summed E-state index contributed by atoms with van der Waals surface area (Å²) in [4.78, 5) is 24.4. The predicted molar refractivity (Wildman–Crippen MR) is 120 cm³/mol. The maximum atomic E-state index is 14.1. The third kappa shape index (κ3) is 8.74. The SMILES string of the molecule is CC(NS(=O)(=O)CCCCCN1CCC(=O)NC1=O)c1ccc(F)c(OCC(C)(C)C)c1. The summed E-state index contributed by atoms with van der Waals surface area (Å²) in [6, 6.07) is 3.42. The molecular weight excluding hydrogens is 437 g/mol. The summed E-state index contributed by atoms with van der Waals surface area (Å²) < 4.78 is 47.2. The van der Waals surface area contributed by atoms with Crippen LogP contribution in [0.5, 0.6) is 5.75 Å². The lowest BCUT2D eigenvalue weighted by atomic mass is 9.98. The van der Waals surface area contributed by atoms with Gasteiger partial charge in [-0.1, -0.05) is 33.3 Å². The zero-order valence-corrected chi connectivity index (χ0v) is 20.1. The van der Waals surface area contributed by atoms with Crippen LogP contribution in [0.15, 0.2) is 18.2 Å². The first-order valence-corrected chi connectivity index (χ1v) is 12.5. The smallest absolute Gasteiger partial charge is 0.324 e. The number of unbranched alkanes of at least 4 members (excludes halogenated alkanes) is 2. The maximum absolute atomic E-state index is 14.1. The Hall–Kier alpha value is -2.20. The number of imide groups is 1. The van der Waals surface area contributed by atoms with E-state index in [4.69, 9.17) is 4.74 Å². The Morgan fingerprint density at radius 1 is 1.22 bits per heavy atom. The van der Waals surface area contributed by atoms with Crippen LogP contribution in [-0.4, -0.2) is 50.7 Å². The highest BCUT2D eigenvalue weighted by Crippen LogP contribution is 2.25. The molecule has 1 heterocycles. The third-order valence-electron chi connectivity index (χ3n) is 4.96. The molecule has 0 bridgehead atoms. The van der Waals surface area contributed by atoms with E-state index in [1.54, 1.807) is 17.9 Å². The largest absolute Gasteiger partial charge is 0.490 e. The summed E-state index contributed by atoms with van der Waals surface area (Å²) in [5, 5.41) is 2.26. The molecule has 8 nitrogen and oxygen atoms in total. The van der Waals surface area contributed by atoms with Crippen molar-refractivity contribution in [3.05, 3.63) is 29.6 Å². The summed E-state index contributed by atoms with van der Waals surface area (Å²) >= 11 is 0. The number of sulfonamides is 1. The van der Waals surface area contributed by atoms with Crippen LogP contribution in [0.4, 0.5) is 9.18 Å². The van der Waals surface area contributed by atoms with Crippen molar-refractivity contribution in [2.75, 3.05) is 25.4 Å². The molecule has 1 saturated heterocycles. The number of hydrogen-bond donors (Lipinski definition) is 2. The van der Waals surface area contributed by atoms with Gasteiger partial charge in [0, 0.05) is 25.6 Å². The van der Waals surface area contributed by atoms with Gasteiger partial charge < -0.3 is 9.64 Å². The van der Waals surface area contributed by atoms with Crippen LogP contribution in [0.3, 0.4) is 0 Å². The van der Waals surface area contributed by atoms with Crippen molar-refractivity contribution >= 4 is 22.0 Å². The van der Waals surface area contributed by atoms with Gasteiger partial charge in [0.15, 0.2) is 11.6 Å². The number of nitrogens with zero attached hydrogens (tertiary/aromatic N) is 1. The van der Waals surface area contributed by atoms with Gasteiger partial charge >= 0.3 is 6.03 Å². The van der Waals surface area contributed by atoms with Gasteiger partial charge in [-0.05, 0) is 42.9 Å². The van der Waals surface area contributed by atoms with Crippen LogP contribution in [-0.2, 0) is 14.8 Å². The molecule has 0 aromatic heterocycles. The quantitative estimate of drug-likeness (QED) is 0.482. The Balaban J connectivity index is 1.80. The van der Waals surface area contributed by atoms with Crippen molar-refractivity contribution in [3.63, 3.8) is 0 Å². The number of hydrogen-bond acceptors (Lipinski definition) is 5. The molecule has 3 amide bonds. The number of rotatable bonds is 11. The van der Waals surface area contributed by atoms with Gasteiger partial charge in [0.2, 0.25) is 15.9 Å². The van der Waals surface area contributed by atoms with Crippen molar-refractivity contribution in [2.24, 2.45) is 5.41 Å². The Kier molecular flexibility index (Phi) is 9.03. The molecule has 0 spiro atoms. The number of nitrogens with one attached hydrogen (secondary N) is 2. The Morgan fingerprint density at radius 3 is 2.59 bits per heavy atom. The summed E-state index contributed by atoms with van der Waals surface area (Å²) in [5.74, 6) is -0.699. The first-order valence-electron chi connectivity index (χ1n) is 10.9. The predicted octanol–water partition coefficient (Wildman–Crippen LogP) is 3.34. The van der Waals surface area contributed by atoms with Crippen LogP contribution < -0.4 is 14.8 Å². The van der Waals surface area contributed by atoms with Gasteiger partial charge in [0.1, 0.15) is 0 Å². The zero-order chi connectivity index (χ0) is 23.9. The topological polar surface area (TPSA) is 105 Å². The number of amides is 3. The van der Waals surface area contributed by atoms with Gasteiger partial charge in [-0.15, -0.1) is 0 Å². The van der Waals surface area contributed by atoms with Gasteiger partial charge in [-0.2, -0.15) is 0 Å². The van der Waals surface area contributed by atoms with Gasteiger partial charge in [-0.3, -0.25) is 10.1 Å². The fourth-order valence-corrected chi connectivity index (χ4v) is 4.55. The summed E-state index contributed by atoms with van der Waals surface area (Å²) in [6.45, 7) is 8.85. The molecule has 2 rings (SSSR count). The molecule has 180 valence electrons. The minimum absolute atomic E-state index is 0.0450. The first kappa shape index (κ1) is 26.1. The number of halogens is 1. The number of ether oxygens (including phenoxy) is 1. The fourth-order valence-electron chi connectivity index (χ4n) is 3.17. The normalized spacial score (nSPS) is 16.1. The molecule has 2 N–H and O–H groups in total. The van der Waals surface area contributed by atoms with E-state index < -0.39 is 27.9 Å². The molecule has 1 fully saturated rings. The monoisotopic (exact) mass is 471 g/mol. The minimum atomic E-state index is -3.53. The molecular formula is C22H34FN3O5S. The van der Waals surface area contributed by atoms with Gasteiger partial charge in [0.25, 0.3) is 0 Å². The van der Waals surface area contributed by atoms with E-state index in [0.717, 1.165) is 0 Å². The number of carbonyl (C=O) groups is 2. The molecule has 1 aromatic rings. The van der Waals surface area contributed by atoms with E-state index in [9.17, 15) is 22.4 Å². The lowest BCUT2D eigenvalue weighted by Crippen LogP contribution is -2.49. The lowest BCUT2D eigenvalue weighted by Gasteiger charge is -2.26. The number of carbonyl (C=O) groups excluding carboxylic acids is 2. The summed E-state index contributed by atoms with van der Waals surface area (Å²) in [6.07, 6.45) is 2.02. The number of urea groups is 1. The molecule has 32 heavy (non-hydrogen) atoms. The molecule has 1 atom stereocenters. The highest BCUT2D eigenvalue weighted by atomic mass is 32.2. The average Bonchev–Trinajstić information content (AvgIpc) is 2.67. The van der Waals surface area contributed by atoms with Gasteiger partial charge in [0.05, 0.1) is 12.4 Å². The van der Waals surface area contributed by atoms with Gasteiger partial charge in [-0.25, -0.2) is 22.3 Å². The van der Waals surface area contributed by atoms with Crippen molar-refractivity contribution in [2.45, 2.75) is 59.4 Å². The molecule has 0 aliphatic carbocycles. The molecule has 1 aliphatic rings. The van der Waals surface area contributed by atoms with Crippen molar-refractivity contribution in [3.8, 4) is 5.75 Å². The second-order valence-electron chi connectivity index (χ2n) is 9.35. The highest BCUT2D eigenvalue weighted by Gasteiger charge is 2.22. The Bertz CT molecular complexity index is 915. The zero-order valence-electron chi connectivity index (χ0n) is 19.2. The maximum Gasteiger partial charge on any atom is 0.324 e.